The summed E-state index contributed by atoms with van der Waals surface area (Å²) in [6, 6.07) is 0. The first kappa shape index (κ1) is 8.05. The molecule has 1 aliphatic heterocycles. The van der Waals surface area contributed by atoms with E-state index in [9.17, 15) is 4.79 Å². The lowest BCUT2D eigenvalue weighted by Crippen LogP contribution is -2.43. The molecule has 1 amide bonds. The predicted molar refractivity (Wildman–Crippen MR) is 46.6 cm³/mol. The van der Waals surface area contributed by atoms with Gasteiger partial charge in [-0.1, -0.05) is 0 Å². The molecule has 12 heavy (non-hydrogen) atoms. The molecular formula is C9H16N2O. The molecule has 0 radical (unpaired) electrons. The highest BCUT2D eigenvalue weighted by molar-refractivity contribution is 5.48. The summed E-state index contributed by atoms with van der Waals surface area (Å²) in [4.78, 5) is 10.3. The van der Waals surface area contributed by atoms with Crippen LogP contribution in [0.1, 0.15) is 13.8 Å². The van der Waals surface area contributed by atoms with Crippen LogP contribution in [0, 0.1) is 17.8 Å². The zero-order valence-electron chi connectivity index (χ0n) is 7.63. The number of amides is 1. The number of fused-ring (bicyclic) bond motifs is 1. The van der Waals surface area contributed by atoms with E-state index in [4.69, 9.17) is 0 Å². The molecule has 3 nitrogen and oxygen atoms in total. The Kier molecular flexibility index (Phi) is 1.65. The van der Waals surface area contributed by atoms with E-state index < -0.39 is 0 Å². The molecule has 0 aromatic carbocycles. The van der Waals surface area contributed by atoms with Gasteiger partial charge in [0.2, 0.25) is 6.41 Å². The maximum absolute atomic E-state index is 10.3. The maximum atomic E-state index is 10.3. The van der Waals surface area contributed by atoms with Gasteiger partial charge in [-0.25, -0.2) is 0 Å². The van der Waals surface area contributed by atoms with Crippen LogP contribution in [-0.2, 0) is 4.79 Å². The van der Waals surface area contributed by atoms with Gasteiger partial charge in [-0.3, -0.25) is 4.79 Å². The van der Waals surface area contributed by atoms with Gasteiger partial charge in [0, 0.05) is 5.54 Å². The average molecular weight is 168 g/mol. The minimum absolute atomic E-state index is 0.000810. The van der Waals surface area contributed by atoms with Gasteiger partial charge >= 0.3 is 0 Å². The topological polar surface area (TPSA) is 41.1 Å². The fraction of sp³-hybridized carbons (Fsp3) is 0.889. The zero-order chi connectivity index (χ0) is 8.77. The van der Waals surface area contributed by atoms with Gasteiger partial charge in [-0.15, -0.1) is 0 Å². The number of nitrogens with one attached hydrogen (secondary N) is 2. The SMILES string of the molecule is CC(C)(NC=O)C1[C@H]2CNC[C@@H]12. The van der Waals surface area contributed by atoms with Gasteiger partial charge in [0.05, 0.1) is 0 Å². The van der Waals surface area contributed by atoms with Crippen molar-refractivity contribution in [3.05, 3.63) is 0 Å². The Morgan fingerprint density at radius 2 is 2.00 bits per heavy atom. The van der Waals surface area contributed by atoms with Crippen LogP contribution in [0.15, 0.2) is 0 Å². The van der Waals surface area contributed by atoms with Crippen molar-refractivity contribution in [3.63, 3.8) is 0 Å². The maximum Gasteiger partial charge on any atom is 0.207 e. The molecule has 0 bridgehead atoms. The standard InChI is InChI=1S/C9H16N2O/c1-9(2,11-5-12)8-6-3-10-4-7(6)8/h5-8,10H,3-4H2,1-2H3,(H,11,12)/t6-,7+,8?. The summed E-state index contributed by atoms with van der Waals surface area (Å²) in [6.07, 6.45) is 0.821. The Morgan fingerprint density at radius 3 is 2.50 bits per heavy atom. The molecule has 2 fully saturated rings. The van der Waals surface area contributed by atoms with E-state index in [2.05, 4.69) is 24.5 Å². The molecule has 1 saturated carbocycles. The normalized spacial score (nSPS) is 39.0. The summed E-state index contributed by atoms with van der Waals surface area (Å²) in [6.45, 7) is 6.51. The summed E-state index contributed by atoms with van der Waals surface area (Å²) >= 11 is 0. The Balaban J connectivity index is 1.97. The Morgan fingerprint density at radius 1 is 1.42 bits per heavy atom. The van der Waals surface area contributed by atoms with Gasteiger partial charge in [0.25, 0.3) is 0 Å². The third kappa shape index (κ3) is 1.04. The molecule has 2 N–H and O–H groups in total. The molecule has 3 atom stereocenters. The molecule has 1 unspecified atom stereocenters. The minimum Gasteiger partial charge on any atom is -0.354 e. The fourth-order valence-electron chi connectivity index (χ4n) is 2.74. The quantitative estimate of drug-likeness (QED) is 0.581. The van der Waals surface area contributed by atoms with Crippen LogP contribution in [0.25, 0.3) is 0 Å². The van der Waals surface area contributed by atoms with Gasteiger partial charge in [-0.05, 0) is 44.7 Å². The van der Waals surface area contributed by atoms with E-state index in [1.807, 2.05) is 0 Å². The largest absolute Gasteiger partial charge is 0.354 e. The van der Waals surface area contributed by atoms with Crippen LogP contribution in [0.3, 0.4) is 0 Å². The van der Waals surface area contributed by atoms with E-state index in [1.165, 1.54) is 0 Å². The molecule has 0 aromatic heterocycles. The van der Waals surface area contributed by atoms with E-state index in [1.54, 1.807) is 0 Å². The van der Waals surface area contributed by atoms with Crippen molar-refractivity contribution in [2.75, 3.05) is 13.1 Å². The Labute approximate surface area is 72.9 Å². The highest BCUT2D eigenvalue weighted by atomic mass is 16.1. The number of rotatable bonds is 3. The predicted octanol–water partition coefficient (Wildman–Crippen LogP) is -0.0236. The molecular weight excluding hydrogens is 152 g/mol. The molecule has 2 rings (SSSR count). The van der Waals surface area contributed by atoms with Crippen LogP contribution >= 0.6 is 0 Å². The second-order valence-corrected chi connectivity index (χ2v) is 4.50. The zero-order valence-corrected chi connectivity index (χ0v) is 7.63. The van der Waals surface area contributed by atoms with Crippen LogP contribution in [0.2, 0.25) is 0 Å². The van der Waals surface area contributed by atoms with Crippen molar-refractivity contribution in [3.8, 4) is 0 Å². The highest BCUT2D eigenvalue weighted by Gasteiger charge is 2.59. The van der Waals surface area contributed by atoms with Crippen LogP contribution < -0.4 is 10.6 Å². The van der Waals surface area contributed by atoms with Crippen molar-refractivity contribution < 1.29 is 4.79 Å². The third-order valence-corrected chi connectivity index (χ3v) is 3.36. The molecule has 3 heteroatoms. The molecule has 68 valence electrons. The van der Waals surface area contributed by atoms with Crippen molar-refractivity contribution in [2.24, 2.45) is 17.8 Å². The molecule has 1 heterocycles. The van der Waals surface area contributed by atoms with Gasteiger partial charge in [0.15, 0.2) is 0 Å². The lowest BCUT2D eigenvalue weighted by atomic mass is 9.95. The second-order valence-electron chi connectivity index (χ2n) is 4.50. The smallest absolute Gasteiger partial charge is 0.207 e. The van der Waals surface area contributed by atoms with Crippen LogP contribution in [0.5, 0.6) is 0 Å². The molecule has 0 aromatic rings. The van der Waals surface area contributed by atoms with Crippen molar-refractivity contribution in [1.82, 2.24) is 10.6 Å². The third-order valence-electron chi connectivity index (χ3n) is 3.36. The molecule has 0 spiro atoms. The number of hydrogen-bond acceptors (Lipinski definition) is 2. The fourth-order valence-corrected chi connectivity index (χ4v) is 2.74. The molecule has 2 aliphatic rings. The van der Waals surface area contributed by atoms with E-state index >= 15 is 0 Å². The van der Waals surface area contributed by atoms with Crippen LogP contribution in [-0.4, -0.2) is 25.0 Å². The van der Waals surface area contributed by atoms with E-state index in [0.717, 1.165) is 31.3 Å². The first-order valence-electron chi connectivity index (χ1n) is 4.59. The lowest BCUT2D eigenvalue weighted by molar-refractivity contribution is -0.111. The monoisotopic (exact) mass is 168 g/mol. The van der Waals surface area contributed by atoms with Crippen LogP contribution in [0.4, 0.5) is 0 Å². The first-order chi connectivity index (χ1) is 5.67. The summed E-state index contributed by atoms with van der Waals surface area (Å²) < 4.78 is 0. The lowest BCUT2D eigenvalue weighted by Gasteiger charge is -2.26. The molecule has 1 saturated heterocycles. The Bertz CT molecular complexity index is 193. The Hall–Kier alpha value is -0.570. The van der Waals surface area contributed by atoms with Crippen molar-refractivity contribution in [2.45, 2.75) is 19.4 Å². The van der Waals surface area contributed by atoms with E-state index in [-0.39, 0.29) is 5.54 Å². The summed E-state index contributed by atoms with van der Waals surface area (Å²) in [5.41, 5.74) is -0.000810. The molecule has 1 aliphatic carbocycles. The average Bonchev–Trinajstić information content (AvgIpc) is 2.50. The highest BCUT2D eigenvalue weighted by Crippen LogP contribution is 2.54. The number of piperidine rings is 1. The number of carbonyl (C=O) groups is 1. The van der Waals surface area contributed by atoms with Crippen molar-refractivity contribution in [1.29, 1.82) is 0 Å². The summed E-state index contributed by atoms with van der Waals surface area (Å²) in [7, 11) is 0. The summed E-state index contributed by atoms with van der Waals surface area (Å²) in [5.74, 6) is 2.32. The van der Waals surface area contributed by atoms with Gasteiger partial charge in [0.1, 0.15) is 0 Å². The summed E-state index contributed by atoms with van der Waals surface area (Å²) in [5, 5.41) is 6.25. The minimum atomic E-state index is -0.000810. The number of carbonyl (C=O) groups excluding carboxylic acids is 1. The number of hydrogen-bond donors (Lipinski definition) is 2. The van der Waals surface area contributed by atoms with Gasteiger partial charge < -0.3 is 10.6 Å². The van der Waals surface area contributed by atoms with Crippen molar-refractivity contribution >= 4 is 6.41 Å². The second kappa shape index (κ2) is 2.46. The van der Waals surface area contributed by atoms with E-state index in [0.29, 0.717) is 5.92 Å². The first-order valence-corrected chi connectivity index (χ1v) is 4.59. The van der Waals surface area contributed by atoms with Gasteiger partial charge in [-0.2, -0.15) is 0 Å².